The summed E-state index contributed by atoms with van der Waals surface area (Å²) in [6, 6.07) is 0.207. The zero-order chi connectivity index (χ0) is 10.8. The van der Waals surface area contributed by atoms with Gasteiger partial charge in [0.05, 0.1) is 5.54 Å². The number of carbonyl (C=O) groups is 1. The van der Waals surface area contributed by atoms with Gasteiger partial charge in [-0.2, -0.15) is 0 Å². The standard InChI is InChI=1S/C10H21N3O/c1-4-5-10(11)6-13(7-10)9(14)12-8(2)3/h8H,4-7,11H2,1-3H3,(H,12,14). The number of carbonyl (C=O) groups excluding carboxylic acids is 1. The van der Waals surface area contributed by atoms with Gasteiger partial charge < -0.3 is 16.0 Å². The van der Waals surface area contributed by atoms with E-state index in [1.807, 2.05) is 13.8 Å². The van der Waals surface area contributed by atoms with Gasteiger partial charge >= 0.3 is 6.03 Å². The summed E-state index contributed by atoms with van der Waals surface area (Å²) in [6.45, 7) is 7.42. The minimum atomic E-state index is -0.122. The van der Waals surface area contributed by atoms with Gasteiger partial charge in [0.1, 0.15) is 0 Å². The Bertz CT molecular complexity index is 209. The highest BCUT2D eigenvalue weighted by Crippen LogP contribution is 2.22. The molecule has 1 heterocycles. The lowest BCUT2D eigenvalue weighted by atomic mass is 9.87. The van der Waals surface area contributed by atoms with Gasteiger partial charge in [0, 0.05) is 19.1 Å². The van der Waals surface area contributed by atoms with Crippen molar-refractivity contribution >= 4 is 6.03 Å². The molecular weight excluding hydrogens is 178 g/mol. The summed E-state index contributed by atoms with van der Waals surface area (Å²) in [4.78, 5) is 13.3. The van der Waals surface area contributed by atoms with Crippen molar-refractivity contribution in [3.8, 4) is 0 Å². The Morgan fingerprint density at radius 1 is 1.57 bits per heavy atom. The molecule has 3 N–H and O–H groups in total. The maximum atomic E-state index is 11.5. The molecule has 0 aromatic carbocycles. The fraction of sp³-hybridized carbons (Fsp3) is 0.900. The molecule has 4 heteroatoms. The van der Waals surface area contributed by atoms with Crippen LogP contribution >= 0.6 is 0 Å². The first kappa shape index (κ1) is 11.3. The highest BCUT2D eigenvalue weighted by Gasteiger charge is 2.41. The van der Waals surface area contributed by atoms with Crippen molar-refractivity contribution in [3.63, 3.8) is 0 Å². The average molecular weight is 199 g/mol. The lowest BCUT2D eigenvalue weighted by Crippen LogP contribution is -2.70. The van der Waals surface area contributed by atoms with Crippen LogP contribution in [0.5, 0.6) is 0 Å². The highest BCUT2D eigenvalue weighted by molar-refractivity contribution is 5.75. The van der Waals surface area contributed by atoms with Gasteiger partial charge in [-0.1, -0.05) is 13.3 Å². The lowest BCUT2D eigenvalue weighted by Gasteiger charge is -2.47. The van der Waals surface area contributed by atoms with Crippen LogP contribution in [-0.2, 0) is 0 Å². The first-order valence-electron chi connectivity index (χ1n) is 5.31. The second kappa shape index (κ2) is 4.17. The second-order valence-electron chi connectivity index (χ2n) is 4.57. The van der Waals surface area contributed by atoms with Crippen LogP contribution in [0.3, 0.4) is 0 Å². The third kappa shape index (κ3) is 2.61. The fourth-order valence-electron chi connectivity index (χ4n) is 1.85. The lowest BCUT2D eigenvalue weighted by molar-refractivity contribution is 0.0887. The molecule has 0 aromatic rings. The van der Waals surface area contributed by atoms with Gasteiger partial charge in [-0.05, 0) is 20.3 Å². The van der Waals surface area contributed by atoms with E-state index < -0.39 is 0 Å². The molecule has 0 aromatic heterocycles. The van der Waals surface area contributed by atoms with Crippen LogP contribution in [0.1, 0.15) is 33.6 Å². The van der Waals surface area contributed by atoms with E-state index in [1.165, 1.54) is 0 Å². The molecule has 82 valence electrons. The Morgan fingerprint density at radius 3 is 2.57 bits per heavy atom. The van der Waals surface area contributed by atoms with Gasteiger partial charge in [0.15, 0.2) is 0 Å². The molecule has 0 atom stereocenters. The van der Waals surface area contributed by atoms with Crippen molar-refractivity contribution < 1.29 is 4.79 Å². The molecular formula is C10H21N3O. The number of urea groups is 1. The first-order chi connectivity index (χ1) is 6.47. The Morgan fingerprint density at radius 2 is 2.14 bits per heavy atom. The number of hydrogen-bond donors (Lipinski definition) is 2. The minimum Gasteiger partial charge on any atom is -0.336 e. The third-order valence-electron chi connectivity index (χ3n) is 2.46. The van der Waals surface area contributed by atoms with Crippen molar-refractivity contribution in [2.24, 2.45) is 5.73 Å². The molecule has 14 heavy (non-hydrogen) atoms. The molecule has 1 aliphatic rings. The molecule has 1 aliphatic heterocycles. The van der Waals surface area contributed by atoms with E-state index in [0.29, 0.717) is 13.1 Å². The molecule has 0 aliphatic carbocycles. The molecule has 1 fully saturated rings. The zero-order valence-electron chi connectivity index (χ0n) is 9.34. The molecule has 0 bridgehead atoms. The third-order valence-corrected chi connectivity index (χ3v) is 2.46. The predicted octanol–water partition coefficient (Wildman–Crippen LogP) is 0.918. The molecule has 1 saturated heterocycles. The number of nitrogens with two attached hydrogens (primary N) is 1. The van der Waals surface area contributed by atoms with E-state index in [1.54, 1.807) is 4.90 Å². The summed E-state index contributed by atoms with van der Waals surface area (Å²) in [7, 11) is 0. The maximum absolute atomic E-state index is 11.5. The molecule has 1 rings (SSSR count). The van der Waals surface area contributed by atoms with Crippen molar-refractivity contribution in [1.29, 1.82) is 0 Å². The Kier molecular flexibility index (Phi) is 3.37. The SMILES string of the molecule is CCCC1(N)CN(C(=O)NC(C)C)C1. The topological polar surface area (TPSA) is 58.4 Å². The van der Waals surface area contributed by atoms with E-state index in [-0.39, 0.29) is 17.6 Å². The average Bonchev–Trinajstić information content (AvgIpc) is 1.98. The van der Waals surface area contributed by atoms with Gasteiger partial charge in [-0.15, -0.1) is 0 Å². The van der Waals surface area contributed by atoms with Crippen molar-refractivity contribution in [1.82, 2.24) is 10.2 Å². The number of amides is 2. The minimum absolute atomic E-state index is 0.0113. The van der Waals surface area contributed by atoms with E-state index in [0.717, 1.165) is 12.8 Å². The quantitative estimate of drug-likeness (QED) is 0.710. The van der Waals surface area contributed by atoms with Gasteiger partial charge in [0.2, 0.25) is 0 Å². The van der Waals surface area contributed by atoms with E-state index in [4.69, 9.17) is 5.73 Å². The Hall–Kier alpha value is -0.770. The largest absolute Gasteiger partial charge is 0.336 e. The Balaban J connectivity index is 2.29. The van der Waals surface area contributed by atoms with Crippen LogP contribution in [0.2, 0.25) is 0 Å². The van der Waals surface area contributed by atoms with Gasteiger partial charge in [-0.3, -0.25) is 0 Å². The summed E-state index contributed by atoms with van der Waals surface area (Å²) in [5, 5.41) is 2.86. The predicted molar refractivity (Wildman–Crippen MR) is 57.1 cm³/mol. The molecule has 0 spiro atoms. The van der Waals surface area contributed by atoms with Gasteiger partial charge in [-0.25, -0.2) is 4.79 Å². The summed E-state index contributed by atoms with van der Waals surface area (Å²) in [5.74, 6) is 0. The van der Waals surface area contributed by atoms with Crippen LogP contribution in [0, 0.1) is 0 Å². The van der Waals surface area contributed by atoms with Crippen molar-refractivity contribution in [3.05, 3.63) is 0 Å². The Labute approximate surface area is 85.8 Å². The number of nitrogens with zero attached hydrogens (tertiary/aromatic N) is 1. The van der Waals surface area contributed by atoms with Crippen LogP contribution in [-0.4, -0.2) is 35.6 Å². The molecule has 0 saturated carbocycles. The summed E-state index contributed by atoms with van der Waals surface area (Å²) in [6.07, 6.45) is 2.08. The molecule has 0 unspecified atom stereocenters. The highest BCUT2D eigenvalue weighted by atomic mass is 16.2. The van der Waals surface area contributed by atoms with Crippen LogP contribution < -0.4 is 11.1 Å². The zero-order valence-corrected chi connectivity index (χ0v) is 9.34. The number of likely N-dealkylation sites (tertiary alicyclic amines) is 1. The van der Waals surface area contributed by atoms with Crippen molar-refractivity contribution in [2.75, 3.05) is 13.1 Å². The van der Waals surface area contributed by atoms with Gasteiger partial charge in [0.25, 0.3) is 0 Å². The second-order valence-corrected chi connectivity index (χ2v) is 4.57. The number of rotatable bonds is 3. The smallest absolute Gasteiger partial charge is 0.317 e. The van der Waals surface area contributed by atoms with E-state index >= 15 is 0 Å². The maximum Gasteiger partial charge on any atom is 0.317 e. The fourth-order valence-corrected chi connectivity index (χ4v) is 1.85. The molecule has 2 amide bonds. The summed E-state index contributed by atoms with van der Waals surface area (Å²) >= 11 is 0. The number of nitrogens with one attached hydrogen (secondary N) is 1. The molecule has 0 radical (unpaired) electrons. The summed E-state index contributed by atoms with van der Waals surface area (Å²) < 4.78 is 0. The van der Waals surface area contributed by atoms with E-state index in [2.05, 4.69) is 12.2 Å². The number of hydrogen-bond acceptors (Lipinski definition) is 2. The van der Waals surface area contributed by atoms with Crippen molar-refractivity contribution in [2.45, 2.75) is 45.2 Å². The monoisotopic (exact) mass is 199 g/mol. The first-order valence-corrected chi connectivity index (χ1v) is 5.31. The van der Waals surface area contributed by atoms with E-state index in [9.17, 15) is 4.79 Å². The molecule has 4 nitrogen and oxygen atoms in total. The summed E-state index contributed by atoms with van der Waals surface area (Å²) in [5.41, 5.74) is 5.93. The van der Waals surface area contributed by atoms with Crippen LogP contribution in [0.4, 0.5) is 4.79 Å². The normalized spacial score (nSPS) is 19.4. The van der Waals surface area contributed by atoms with Crippen LogP contribution in [0.15, 0.2) is 0 Å². The van der Waals surface area contributed by atoms with Crippen LogP contribution in [0.25, 0.3) is 0 Å².